The number of carbonyl (C=O) groups excluding carboxylic acids is 4. The summed E-state index contributed by atoms with van der Waals surface area (Å²) < 4.78 is 32.1. The highest BCUT2D eigenvalue weighted by molar-refractivity contribution is 6.05. The molecule has 2 fully saturated rings. The van der Waals surface area contributed by atoms with Gasteiger partial charge in [-0.15, -0.1) is 0 Å². The lowest BCUT2D eigenvalue weighted by Gasteiger charge is -2.39. The van der Waals surface area contributed by atoms with Gasteiger partial charge in [0.1, 0.15) is 11.5 Å². The van der Waals surface area contributed by atoms with Crippen LogP contribution in [0.2, 0.25) is 0 Å². The Kier molecular flexibility index (Phi) is 4.94. The highest BCUT2D eigenvalue weighted by atomic mass is 16.6. The van der Waals surface area contributed by atoms with Gasteiger partial charge < -0.3 is 28.4 Å². The Morgan fingerprint density at radius 2 is 1.53 bits per heavy atom. The van der Waals surface area contributed by atoms with E-state index in [1.165, 1.54) is 20.3 Å². The van der Waals surface area contributed by atoms with Crippen LogP contribution in [0.1, 0.15) is 13.8 Å². The molecular formula is C20H22O10. The standard InChI is InChI=1S/C20H22O10/c1-5-27-16(21)8-7-9-20(19(24)28-6-2)12(13(8)29-9)14-10(17(22)25-3)11(15(20)30-14)18(23)26-4/h7,9,12-15H,5-6H2,1-4H3/t9-,12+,13+,14+,15-,20-/m0/s1. The molecule has 4 bridgehead atoms. The number of esters is 4. The van der Waals surface area contributed by atoms with E-state index < -0.39 is 59.6 Å². The summed E-state index contributed by atoms with van der Waals surface area (Å²) in [6.07, 6.45) is -2.36. The van der Waals surface area contributed by atoms with Gasteiger partial charge in [0.25, 0.3) is 0 Å². The Morgan fingerprint density at radius 3 is 2.13 bits per heavy atom. The largest absolute Gasteiger partial charge is 0.466 e. The zero-order valence-corrected chi connectivity index (χ0v) is 17.0. The molecule has 2 saturated heterocycles. The van der Waals surface area contributed by atoms with Crippen LogP contribution in [0.5, 0.6) is 0 Å². The molecule has 0 unspecified atom stereocenters. The van der Waals surface area contributed by atoms with E-state index in [-0.39, 0.29) is 29.9 Å². The molecule has 10 heteroatoms. The van der Waals surface area contributed by atoms with Gasteiger partial charge in [0, 0.05) is 5.92 Å². The number of rotatable bonds is 6. The fraction of sp³-hybridized carbons (Fsp3) is 0.600. The molecule has 4 aliphatic rings. The summed E-state index contributed by atoms with van der Waals surface area (Å²) in [5.74, 6) is -3.54. The summed E-state index contributed by atoms with van der Waals surface area (Å²) in [4.78, 5) is 50.7. The molecule has 10 nitrogen and oxygen atoms in total. The SMILES string of the molecule is CCOC(=O)C1=C[C@@H]2O[C@H]1[C@@H]1[C@@H]3O[C@@H](C(C(=O)OC)=C3C(=O)OC)[C@@]12C(=O)OCC. The summed E-state index contributed by atoms with van der Waals surface area (Å²) in [6, 6.07) is 0. The molecule has 162 valence electrons. The van der Waals surface area contributed by atoms with E-state index in [1.54, 1.807) is 13.8 Å². The zero-order valence-electron chi connectivity index (χ0n) is 17.0. The molecule has 0 N–H and O–H groups in total. The van der Waals surface area contributed by atoms with Crippen LogP contribution in [0.4, 0.5) is 0 Å². The Balaban J connectivity index is 1.87. The van der Waals surface area contributed by atoms with Crippen molar-refractivity contribution in [1.29, 1.82) is 0 Å². The first-order valence-corrected chi connectivity index (χ1v) is 9.65. The molecule has 0 aromatic carbocycles. The maximum Gasteiger partial charge on any atom is 0.337 e. The van der Waals surface area contributed by atoms with E-state index >= 15 is 0 Å². The summed E-state index contributed by atoms with van der Waals surface area (Å²) >= 11 is 0. The quantitative estimate of drug-likeness (QED) is 0.421. The number of ether oxygens (including phenoxy) is 6. The fourth-order valence-electron chi connectivity index (χ4n) is 5.10. The van der Waals surface area contributed by atoms with E-state index in [0.717, 1.165) is 0 Å². The van der Waals surface area contributed by atoms with E-state index in [2.05, 4.69) is 0 Å². The van der Waals surface area contributed by atoms with Crippen molar-refractivity contribution in [2.24, 2.45) is 11.3 Å². The normalized spacial score (nSPS) is 35.1. The van der Waals surface area contributed by atoms with Gasteiger partial charge in [0.05, 0.1) is 62.5 Å². The van der Waals surface area contributed by atoms with Crippen molar-refractivity contribution in [2.75, 3.05) is 27.4 Å². The van der Waals surface area contributed by atoms with Crippen molar-refractivity contribution in [3.05, 3.63) is 22.8 Å². The van der Waals surface area contributed by atoms with Crippen LogP contribution < -0.4 is 0 Å². The third-order valence-corrected chi connectivity index (χ3v) is 6.11. The number of methoxy groups -OCH3 is 2. The molecule has 0 amide bonds. The van der Waals surface area contributed by atoms with Gasteiger partial charge in [0.2, 0.25) is 0 Å². The Labute approximate surface area is 172 Å². The Morgan fingerprint density at radius 1 is 0.900 bits per heavy atom. The van der Waals surface area contributed by atoms with Crippen molar-refractivity contribution in [2.45, 2.75) is 38.3 Å². The van der Waals surface area contributed by atoms with Gasteiger partial charge in [-0.1, -0.05) is 0 Å². The average Bonchev–Trinajstić information content (AvgIpc) is 3.48. The zero-order chi connectivity index (χ0) is 21.8. The molecule has 4 heterocycles. The van der Waals surface area contributed by atoms with E-state index in [1.807, 2.05) is 0 Å². The second-order valence-corrected chi connectivity index (χ2v) is 7.25. The monoisotopic (exact) mass is 422 g/mol. The third kappa shape index (κ3) is 2.37. The predicted molar refractivity (Wildman–Crippen MR) is 95.7 cm³/mol. The lowest BCUT2D eigenvalue weighted by atomic mass is 9.58. The first kappa shape index (κ1) is 20.5. The van der Waals surface area contributed by atoms with E-state index in [4.69, 9.17) is 28.4 Å². The van der Waals surface area contributed by atoms with Gasteiger partial charge in [-0.05, 0) is 19.9 Å². The smallest absolute Gasteiger partial charge is 0.337 e. The van der Waals surface area contributed by atoms with Gasteiger partial charge >= 0.3 is 23.9 Å². The van der Waals surface area contributed by atoms with Crippen LogP contribution in [0.3, 0.4) is 0 Å². The molecule has 4 aliphatic heterocycles. The summed E-state index contributed by atoms with van der Waals surface area (Å²) in [7, 11) is 2.34. The predicted octanol–water partition coefficient (Wildman–Crippen LogP) is -0.154. The van der Waals surface area contributed by atoms with Crippen LogP contribution in [0.15, 0.2) is 22.8 Å². The molecule has 6 atom stereocenters. The van der Waals surface area contributed by atoms with Crippen LogP contribution in [-0.4, -0.2) is 75.7 Å². The van der Waals surface area contributed by atoms with Gasteiger partial charge in [0.15, 0.2) is 0 Å². The second kappa shape index (κ2) is 7.21. The molecule has 0 spiro atoms. The van der Waals surface area contributed by atoms with Crippen LogP contribution in [0, 0.1) is 11.3 Å². The van der Waals surface area contributed by atoms with Crippen molar-refractivity contribution in [1.82, 2.24) is 0 Å². The van der Waals surface area contributed by atoms with Crippen molar-refractivity contribution in [3.63, 3.8) is 0 Å². The first-order valence-electron chi connectivity index (χ1n) is 9.65. The first-order chi connectivity index (χ1) is 14.4. The van der Waals surface area contributed by atoms with Crippen molar-refractivity contribution < 1.29 is 47.6 Å². The maximum atomic E-state index is 13.2. The van der Waals surface area contributed by atoms with Gasteiger partial charge in [-0.25, -0.2) is 14.4 Å². The maximum absolute atomic E-state index is 13.2. The third-order valence-electron chi connectivity index (χ3n) is 6.11. The highest BCUT2D eigenvalue weighted by Crippen LogP contribution is 2.66. The average molecular weight is 422 g/mol. The van der Waals surface area contributed by atoms with Crippen LogP contribution in [0.25, 0.3) is 0 Å². The van der Waals surface area contributed by atoms with Crippen LogP contribution in [-0.2, 0) is 47.6 Å². The highest BCUT2D eigenvalue weighted by Gasteiger charge is 2.80. The van der Waals surface area contributed by atoms with E-state index in [0.29, 0.717) is 0 Å². The topological polar surface area (TPSA) is 124 Å². The minimum Gasteiger partial charge on any atom is -0.466 e. The lowest BCUT2D eigenvalue weighted by Crippen LogP contribution is -2.56. The molecule has 0 aromatic rings. The Hall–Kier alpha value is -2.72. The summed E-state index contributed by atoms with van der Waals surface area (Å²) in [6.45, 7) is 3.60. The molecule has 0 radical (unpaired) electrons. The van der Waals surface area contributed by atoms with Gasteiger partial charge in [-0.2, -0.15) is 0 Å². The molecule has 30 heavy (non-hydrogen) atoms. The molecular weight excluding hydrogens is 400 g/mol. The molecule has 4 rings (SSSR count). The number of hydrogen-bond donors (Lipinski definition) is 0. The molecule has 0 aliphatic carbocycles. The van der Waals surface area contributed by atoms with Crippen LogP contribution >= 0.6 is 0 Å². The minimum atomic E-state index is -1.43. The van der Waals surface area contributed by atoms with Gasteiger partial charge in [-0.3, -0.25) is 4.79 Å². The molecule has 0 saturated carbocycles. The minimum absolute atomic E-state index is 0.0290. The molecule has 0 aromatic heterocycles. The lowest BCUT2D eigenvalue weighted by molar-refractivity contribution is -0.162. The number of carbonyl (C=O) groups is 4. The summed E-state index contributed by atoms with van der Waals surface area (Å²) in [5.41, 5.74) is -1.28. The Bertz CT molecular complexity index is 886. The number of hydrogen-bond acceptors (Lipinski definition) is 10. The van der Waals surface area contributed by atoms with E-state index in [9.17, 15) is 19.2 Å². The summed E-state index contributed by atoms with van der Waals surface area (Å²) in [5, 5.41) is 0. The number of fused-ring (bicyclic) bond motifs is 9. The van der Waals surface area contributed by atoms with Crippen molar-refractivity contribution in [3.8, 4) is 0 Å². The fourth-order valence-corrected chi connectivity index (χ4v) is 5.10. The van der Waals surface area contributed by atoms with Crippen molar-refractivity contribution >= 4 is 23.9 Å². The second-order valence-electron chi connectivity index (χ2n) is 7.25.